The van der Waals surface area contributed by atoms with E-state index < -0.39 is 4.92 Å². The van der Waals surface area contributed by atoms with Crippen molar-refractivity contribution in [1.82, 2.24) is 4.98 Å². The van der Waals surface area contributed by atoms with Gasteiger partial charge in [-0.3, -0.25) is 14.9 Å². The first kappa shape index (κ1) is 17.2. The van der Waals surface area contributed by atoms with Gasteiger partial charge >= 0.3 is 0 Å². The molecular formula is C17H11FN2O3S2. The number of halogens is 1. The number of rotatable bonds is 6. The first-order valence-corrected chi connectivity index (χ1v) is 9.01. The van der Waals surface area contributed by atoms with Crippen molar-refractivity contribution in [3.63, 3.8) is 0 Å². The Morgan fingerprint density at radius 2 is 1.84 bits per heavy atom. The molecule has 2 aromatic carbocycles. The molecule has 0 aliphatic rings. The van der Waals surface area contributed by atoms with E-state index in [4.69, 9.17) is 0 Å². The normalized spacial score (nSPS) is 10.6. The molecule has 0 amide bonds. The summed E-state index contributed by atoms with van der Waals surface area (Å²) in [5.74, 6) is -0.241. The molecule has 3 aromatic rings. The van der Waals surface area contributed by atoms with Crippen LogP contribution in [0.1, 0.15) is 10.4 Å². The maximum atomic E-state index is 13.0. The minimum Gasteiger partial charge on any atom is -0.293 e. The van der Waals surface area contributed by atoms with Gasteiger partial charge < -0.3 is 0 Å². The summed E-state index contributed by atoms with van der Waals surface area (Å²) in [6.07, 6.45) is 0. The van der Waals surface area contributed by atoms with Crippen molar-refractivity contribution in [2.45, 2.75) is 4.34 Å². The van der Waals surface area contributed by atoms with Gasteiger partial charge in [-0.1, -0.05) is 11.8 Å². The summed E-state index contributed by atoms with van der Waals surface area (Å²) in [5, 5.41) is 12.5. The molecule has 0 fully saturated rings. The summed E-state index contributed by atoms with van der Waals surface area (Å²) in [7, 11) is 0. The third-order valence-electron chi connectivity index (χ3n) is 3.35. The molecule has 126 valence electrons. The van der Waals surface area contributed by atoms with Crippen molar-refractivity contribution in [2.75, 3.05) is 5.75 Å². The largest absolute Gasteiger partial charge is 0.293 e. The van der Waals surface area contributed by atoms with Crippen LogP contribution in [-0.4, -0.2) is 21.4 Å². The number of ketones is 1. The summed E-state index contributed by atoms with van der Waals surface area (Å²) in [6, 6.07) is 11.6. The molecule has 0 unspecified atom stereocenters. The van der Waals surface area contributed by atoms with E-state index in [9.17, 15) is 19.3 Å². The van der Waals surface area contributed by atoms with Gasteiger partial charge in [0.05, 0.1) is 16.4 Å². The van der Waals surface area contributed by atoms with Gasteiger partial charge in [-0.15, -0.1) is 11.3 Å². The number of nitro groups is 1. The highest BCUT2D eigenvalue weighted by Crippen LogP contribution is 2.29. The second kappa shape index (κ2) is 7.54. The summed E-state index contributed by atoms with van der Waals surface area (Å²) < 4.78 is 13.7. The van der Waals surface area contributed by atoms with Crippen LogP contribution in [0, 0.1) is 15.9 Å². The van der Waals surface area contributed by atoms with Crippen LogP contribution in [0.4, 0.5) is 10.1 Å². The standard InChI is InChI=1S/C17H11FN2O3S2/c18-13-5-1-11(2-6-13)15-9-24-17(19-15)25-10-16(21)12-3-7-14(8-4-12)20(22)23/h1-9H,10H2. The molecule has 0 N–H and O–H groups in total. The lowest BCUT2D eigenvalue weighted by Crippen LogP contribution is -2.02. The summed E-state index contributed by atoms with van der Waals surface area (Å²) in [6.45, 7) is 0. The topological polar surface area (TPSA) is 73.1 Å². The lowest BCUT2D eigenvalue weighted by molar-refractivity contribution is -0.384. The molecule has 5 nitrogen and oxygen atoms in total. The summed E-state index contributed by atoms with van der Waals surface area (Å²) >= 11 is 2.71. The van der Waals surface area contributed by atoms with Crippen LogP contribution in [0.25, 0.3) is 11.3 Å². The molecule has 0 aliphatic carbocycles. The molecule has 8 heteroatoms. The first-order chi connectivity index (χ1) is 12.0. The molecule has 3 rings (SSSR count). The molecule has 0 spiro atoms. The van der Waals surface area contributed by atoms with Crippen LogP contribution in [-0.2, 0) is 0 Å². The fourth-order valence-corrected chi connectivity index (χ4v) is 3.79. The number of thioether (sulfide) groups is 1. The Morgan fingerprint density at radius 3 is 2.48 bits per heavy atom. The van der Waals surface area contributed by atoms with E-state index in [-0.39, 0.29) is 23.0 Å². The van der Waals surface area contributed by atoms with Crippen LogP contribution >= 0.6 is 23.1 Å². The predicted molar refractivity (Wildman–Crippen MR) is 95.7 cm³/mol. The van der Waals surface area contributed by atoms with Crippen molar-refractivity contribution < 1.29 is 14.1 Å². The zero-order valence-corrected chi connectivity index (χ0v) is 14.3. The molecule has 1 aromatic heterocycles. The molecular weight excluding hydrogens is 363 g/mol. The fourth-order valence-electron chi connectivity index (χ4n) is 2.06. The van der Waals surface area contributed by atoms with Gasteiger partial charge in [0.1, 0.15) is 5.82 Å². The van der Waals surface area contributed by atoms with Gasteiger partial charge in [-0.05, 0) is 36.4 Å². The minimum atomic E-state index is -0.504. The van der Waals surface area contributed by atoms with Crippen LogP contribution in [0.15, 0.2) is 58.3 Å². The SMILES string of the molecule is O=C(CSc1nc(-c2ccc(F)cc2)cs1)c1ccc([N+](=O)[O-])cc1. The van der Waals surface area contributed by atoms with Crippen LogP contribution in [0.3, 0.4) is 0 Å². The van der Waals surface area contributed by atoms with Gasteiger partial charge in [0.2, 0.25) is 0 Å². The number of non-ortho nitro benzene ring substituents is 1. The fraction of sp³-hybridized carbons (Fsp3) is 0.0588. The molecule has 1 heterocycles. The van der Waals surface area contributed by atoms with Crippen molar-refractivity contribution >= 4 is 34.6 Å². The maximum Gasteiger partial charge on any atom is 0.269 e. The van der Waals surface area contributed by atoms with Crippen LogP contribution in [0.5, 0.6) is 0 Å². The zero-order valence-electron chi connectivity index (χ0n) is 12.7. The summed E-state index contributed by atoms with van der Waals surface area (Å²) in [5.41, 5.74) is 1.92. The third kappa shape index (κ3) is 4.28. The second-order valence-corrected chi connectivity index (χ2v) is 7.10. The Bertz CT molecular complexity index is 908. The average molecular weight is 374 g/mol. The molecule has 0 bridgehead atoms. The van der Waals surface area contributed by atoms with E-state index in [1.807, 2.05) is 5.38 Å². The number of nitro benzene ring substituents is 1. The van der Waals surface area contributed by atoms with E-state index in [1.54, 1.807) is 12.1 Å². The highest BCUT2D eigenvalue weighted by Gasteiger charge is 2.12. The predicted octanol–water partition coefficient (Wildman–Crippen LogP) is 4.83. The monoisotopic (exact) mass is 374 g/mol. The molecule has 0 saturated carbocycles. The Hall–Kier alpha value is -2.58. The number of aromatic nitrogens is 1. The Labute approximate surface area is 150 Å². The second-order valence-electron chi connectivity index (χ2n) is 5.02. The molecule has 0 aliphatic heterocycles. The number of benzene rings is 2. The van der Waals surface area contributed by atoms with E-state index >= 15 is 0 Å². The van der Waals surface area contributed by atoms with E-state index in [0.29, 0.717) is 5.56 Å². The number of nitrogens with zero attached hydrogens (tertiary/aromatic N) is 2. The lowest BCUT2D eigenvalue weighted by Gasteiger charge is -1.99. The number of carbonyl (C=O) groups excluding carboxylic acids is 1. The van der Waals surface area contributed by atoms with Gasteiger partial charge in [0.25, 0.3) is 5.69 Å². The number of Topliss-reactive ketones (excluding diaryl/α,β-unsaturated/α-hetero) is 1. The van der Waals surface area contributed by atoms with Gasteiger partial charge in [-0.2, -0.15) is 0 Å². The summed E-state index contributed by atoms with van der Waals surface area (Å²) in [4.78, 5) is 26.7. The Kier molecular flexibility index (Phi) is 5.20. The molecule has 0 atom stereocenters. The number of hydrogen-bond acceptors (Lipinski definition) is 6. The number of thiazole rings is 1. The third-order valence-corrected chi connectivity index (χ3v) is 5.37. The highest BCUT2D eigenvalue weighted by atomic mass is 32.2. The molecule has 0 saturated heterocycles. The van der Waals surface area contributed by atoms with E-state index in [2.05, 4.69) is 4.98 Å². The minimum absolute atomic E-state index is 0.0481. The molecule has 0 radical (unpaired) electrons. The maximum absolute atomic E-state index is 13.0. The van der Waals surface area contributed by atoms with Crippen LogP contribution < -0.4 is 0 Å². The average Bonchev–Trinajstić information content (AvgIpc) is 3.09. The Balaban J connectivity index is 1.62. The molecule has 25 heavy (non-hydrogen) atoms. The lowest BCUT2D eigenvalue weighted by atomic mass is 10.1. The number of hydrogen-bond donors (Lipinski definition) is 0. The van der Waals surface area contributed by atoms with Crippen molar-refractivity contribution in [2.24, 2.45) is 0 Å². The van der Waals surface area contributed by atoms with Crippen molar-refractivity contribution in [3.05, 3.63) is 75.4 Å². The quantitative estimate of drug-likeness (QED) is 0.267. The van der Waals surface area contributed by atoms with E-state index in [1.165, 1.54) is 59.5 Å². The van der Waals surface area contributed by atoms with Crippen molar-refractivity contribution in [3.8, 4) is 11.3 Å². The highest BCUT2D eigenvalue weighted by molar-refractivity contribution is 8.01. The van der Waals surface area contributed by atoms with Gasteiger partial charge in [-0.25, -0.2) is 9.37 Å². The van der Waals surface area contributed by atoms with E-state index in [0.717, 1.165) is 15.6 Å². The number of carbonyl (C=O) groups is 1. The van der Waals surface area contributed by atoms with Gasteiger partial charge in [0, 0.05) is 28.6 Å². The first-order valence-electron chi connectivity index (χ1n) is 7.15. The van der Waals surface area contributed by atoms with Gasteiger partial charge in [0.15, 0.2) is 10.1 Å². The van der Waals surface area contributed by atoms with Crippen molar-refractivity contribution in [1.29, 1.82) is 0 Å². The zero-order chi connectivity index (χ0) is 17.8. The Morgan fingerprint density at radius 1 is 1.16 bits per heavy atom. The van der Waals surface area contributed by atoms with Crippen LogP contribution in [0.2, 0.25) is 0 Å². The smallest absolute Gasteiger partial charge is 0.269 e.